The number of nitrogens with zero attached hydrogens (tertiary/aromatic N) is 3. The summed E-state index contributed by atoms with van der Waals surface area (Å²) in [5, 5.41) is 8.46. The van der Waals surface area contributed by atoms with Crippen molar-refractivity contribution in [3.63, 3.8) is 0 Å². The minimum absolute atomic E-state index is 0.634. The van der Waals surface area contributed by atoms with E-state index in [1.54, 1.807) is 0 Å². The second-order valence-electron chi connectivity index (χ2n) is 10.9. The molecule has 0 aliphatic heterocycles. The SMILES string of the molecule is c1ccc(-c2nc(-n3c4ccccc4c4c5sc6ccccc6c5c5ccccc5c43)nc3c2oc2ccccc23)cc1. The lowest BCUT2D eigenvalue weighted by Crippen LogP contribution is -2.03. The van der Waals surface area contributed by atoms with E-state index >= 15 is 0 Å². The van der Waals surface area contributed by atoms with Crippen LogP contribution in [0.4, 0.5) is 0 Å². The Morgan fingerprint density at radius 1 is 0.558 bits per heavy atom. The summed E-state index contributed by atoms with van der Waals surface area (Å²) < 4.78 is 11.3. The molecule has 0 fully saturated rings. The highest BCUT2D eigenvalue weighted by Crippen LogP contribution is 2.48. The van der Waals surface area contributed by atoms with Gasteiger partial charge in [-0.15, -0.1) is 11.3 Å². The Hall–Kier alpha value is -5.52. The van der Waals surface area contributed by atoms with Gasteiger partial charge in [0.2, 0.25) is 5.95 Å². The maximum Gasteiger partial charge on any atom is 0.236 e. The summed E-state index contributed by atoms with van der Waals surface area (Å²) >= 11 is 1.87. The molecular weight excluding hydrogens is 547 g/mol. The first kappa shape index (κ1) is 23.1. The highest BCUT2D eigenvalue weighted by molar-refractivity contribution is 7.27. The number of para-hydroxylation sites is 2. The summed E-state index contributed by atoms with van der Waals surface area (Å²) in [4.78, 5) is 10.6. The molecule has 0 atom stereocenters. The van der Waals surface area contributed by atoms with Crippen molar-refractivity contribution in [2.75, 3.05) is 0 Å². The van der Waals surface area contributed by atoms with Crippen LogP contribution in [-0.2, 0) is 0 Å². The van der Waals surface area contributed by atoms with E-state index in [1.807, 2.05) is 47.7 Å². The summed E-state index contributed by atoms with van der Waals surface area (Å²) in [6.45, 7) is 0. The fourth-order valence-corrected chi connectivity index (χ4v) is 8.08. The Morgan fingerprint density at radius 2 is 1.23 bits per heavy atom. The Morgan fingerprint density at radius 3 is 2.09 bits per heavy atom. The molecule has 0 aliphatic carbocycles. The van der Waals surface area contributed by atoms with Gasteiger partial charge in [-0.05, 0) is 29.7 Å². The molecule has 4 heterocycles. The van der Waals surface area contributed by atoms with Gasteiger partial charge >= 0.3 is 0 Å². The monoisotopic (exact) mass is 567 g/mol. The standard InChI is InChI=1S/C38H21N3OS/c1-2-12-22(13-3-1)33-36-34(26-17-7-10-20-29(26)42-36)40-38(39-33)41-28-19-9-6-16-25(28)32-35(41)24-15-5-4-14-23(24)31-27-18-8-11-21-30(27)43-37(31)32/h1-21H. The van der Waals surface area contributed by atoms with Gasteiger partial charge < -0.3 is 4.42 Å². The van der Waals surface area contributed by atoms with Crippen molar-refractivity contribution >= 4 is 86.2 Å². The number of benzene rings is 6. The Balaban J connectivity index is 1.45. The largest absolute Gasteiger partial charge is 0.452 e. The molecule has 5 heteroatoms. The highest BCUT2D eigenvalue weighted by atomic mass is 32.1. The Kier molecular flexibility index (Phi) is 4.57. The molecular formula is C38H21N3OS. The Labute approximate surface area is 249 Å². The number of aromatic nitrogens is 3. The predicted molar refractivity (Wildman–Crippen MR) is 179 cm³/mol. The second-order valence-corrected chi connectivity index (χ2v) is 12.0. The van der Waals surface area contributed by atoms with Crippen LogP contribution in [0, 0.1) is 0 Å². The second kappa shape index (κ2) is 8.51. The van der Waals surface area contributed by atoms with Crippen LogP contribution >= 0.6 is 11.3 Å². The van der Waals surface area contributed by atoms with Crippen LogP contribution in [-0.4, -0.2) is 14.5 Å². The first-order valence-electron chi connectivity index (χ1n) is 14.4. The molecule has 10 rings (SSSR count). The summed E-state index contributed by atoms with van der Waals surface area (Å²) in [6.07, 6.45) is 0. The number of furan rings is 1. The third-order valence-electron chi connectivity index (χ3n) is 8.60. The molecule has 0 amide bonds. The van der Waals surface area contributed by atoms with Gasteiger partial charge in [0, 0.05) is 47.3 Å². The molecule has 200 valence electrons. The molecule has 0 spiro atoms. The van der Waals surface area contributed by atoms with Gasteiger partial charge in [-0.1, -0.05) is 103 Å². The van der Waals surface area contributed by atoms with Crippen molar-refractivity contribution < 1.29 is 4.42 Å². The maximum atomic E-state index is 6.41. The summed E-state index contributed by atoms with van der Waals surface area (Å²) in [7, 11) is 0. The van der Waals surface area contributed by atoms with E-state index in [4.69, 9.17) is 14.4 Å². The molecule has 6 aromatic carbocycles. The zero-order valence-electron chi connectivity index (χ0n) is 22.8. The minimum Gasteiger partial charge on any atom is -0.452 e. The topological polar surface area (TPSA) is 43.9 Å². The molecule has 0 saturated heterocycles. The van der Waals surface area contributed by atoms with Gasteiger partial charge in [-0.2, -0.15) is 0 Å². The summed E-state index contributed by atoms with van der Waals surface area (Å²) in [5.74, 6) is 0.634. The lowest BCUT2D eigenvalue weighted by Gasteiger charge is -2.11. The van der Waals surface area contributed by atoms with Crippen LogP contribution in [0.25, 0.3) is 92.0 Å². The fraction of sp³-hybridized carbons (Fsp3) is 0. The quantitative estimate of drug-likeness (QED) is 0.209. The van der Waals surface area contributed by atoms with Gasteiger partial charge in [-0.3, -0.25) is 4.57 Å². The van der Waals surface area contributed by atoms with Gasteiger partial charge in [-0.25, -0.2) is 9.97 Å². The molecule has 0 N–H and O–H groups in total. The van der Waals surface area contributed by atoms with Crippen LogP contribution in [0.5, 0.6) is 0 Å². The lowest BCUT2D eigenvalue weighted by molar-refractivity contribution is 0.666. The zero-order chi connectivity index (χ0) is 28.1. The summed E-state index contributed by atoms with van der Waals surface area (Å²) in [5.41, 5.74) is 6.32. The third-order valence-corrected chi connectivity index (χ3v) is 9.79. The van der Waals surface area contributed by atoms with Crippen molar-refractivity contribution in [3.05, 3.63) is 127 Å². The predicted octanol–water partition coefficient (Wildman–Crippen LogP) is 10.7. The third kappa shape index (κ3) is 3.09. The maximum absolute atomic E-state index is 6.41. The summed E-state index contributed by atoms with van der Waals surface area (Å²) in [6, 6.07) is 44.5. The van der Waals surface area contributed by atoms with Gasteiger partial charge in [0.15, 0.2) is 5.58 Å². The van der Waals surface area contributed by atoms with E-state index in [2.05, 4.69) is 95.6 Å². The molecule has 4 nitrogen and oxygen atoms in total. The average Bonchev–Trinajstić information content (AvgIpc) is 3.75. The number of rotatable bonds is 2. The van der Waals surface area contributed by atoms with Gasteiger partial charge in [0.1, 0.15) is 16.8 Å². The number of hydrogen-bond donors (Lipinski definition) is 0. The molecule has 0 saturated carbocycles. The van der Waals surface area contributed by atoms with Crippen molar-refractivity contribution in [2.24, 2.45) is 0 Å². The van der Waals surface area contributed by atoms with Crippen molar-refractivity contribution in [1.82, 2.24) is 14.5 Å². The first-order valence-corrected chi connectivity index (χ1v) is 15.2. The van der Waals surface area contributed by atoms with Crippen LogP contribution < -0.4 is 0 Å². The van der Waals surface area contributed by atoms with Crippen LogP contribution in [0.3, 0.4) is 0 Å². The number of thiophene rings is 1. The fourth-order valence-electron chi connectivity index (χ4n) is 6.80. The average molecular weight is 568 g/mol. The molecule has 0 bridgehead atoms. The van der Waals surface area contributed by atoms with E-state index in [0.717, 1.165) is 38.8 Å². The zero-order valence-corrected chi connectivity index (χ0v) is 23.6. The van der Waals surface area contributed by atoms with Gasteiger partial charge in [0.25, 0.3) is 0 Å². The van der Waals surface area contributed by atoms with E-state index in [-0.39, 0.29) is 0 Å². The van der Waals surface area contributed by atoms with Crippen molar-refractivity contribution in [1.29, 1.82) is 0 Å². The van der Waals surface area contributed by atoms with E-state index < -0.39 is 0 Å². The van der Waals surface area contributed by atoms with Gasteiger partial charge in [0.05, 0.1) is 11.0 Å². The molecule has 0 radical (unpaired) electrons. The van der Waals surface area contributed by atoms with Crippen molar-refractivity contribution in [3.8, 4) is 17.2 Å². The van der Waals surface area contributed by atoms with Crippen molar-refractivity contribution in [2.45, 2.75) is 0 Å². The van der Waals surface area contributed by atoms with Crippen LogP contribution in [0.2, 0.25) is 0 Å². The Bertz CT molecular complexity index is 2730. The van der Waals surface area contributed by atoms with Crippen LogP contribution in [0.15, 0.2) is 132 Å². The van der Waals surface area contributed by atoms with E-state index in [9.17, 15) is 0 Å². The van der Waals surface area contributed by atoms with E-state index in [0.29, 0.717) is 11.5 Å². The molecule has 43 heavy (non-hydrogen) atoms. The lowest BCUT2D eigenvalue weighted by atomic mass is 10.00. The van der Waals surface area contributed by atoms with Crippen LogP contribution in [0.1, 0.15) is 0 Å². The smallest absolute Gasteiger partial charge is 0.236 e. The molecule has 0 aliphatic rings. The highest BCUT2D eigenvalue weighted by Gasteiger charge is 2.24. The normalized spacial score (nSPS) is 12.2. The molecule has 4 aromatic heterocycles. The minimum atomic E-state index is 0.634. The van der Waals surface area contributed by atoms with E-state index in [1.165, 1.54) is 41.7 Å². The molecule has 10 aromatic rings. The number of fused-ring (bicyclic) bond motifs is 13. The first-order chi connectivity index (χ1) is 21.3. The molecule has 0 unspecified atom stereocenters. The number of hydrogen-bond acceptors (Lipinski definition) is 4.